The molecule has 110 valence electrons. The lowest BCUT2D eigenvalue weighted by atomic mass is 10.2. The molecule has 0 amide bonds. The summed E-state index contributed by atoms with van der Waals surface area (Å²) in [4.78, 5) is 8.54. The molecule has 0 saturated heterocycles. The van der Waals surface area contributed by atoms with Crippen LogP contribution in [0.4, 0.5) is 5.82 Å². The van der Waals surface area contributed by atoms with Crippen molar-refractivity contribution in [1.29, 1.82) is 0 Å². The van der Waals surface area contributed by atoms with Crippen LogP contribution in [0.25, 0.3) is 0 Å². The van der Waals surface area contributed by atoms with E-state index >= 15 is 0 Å². The highest BCUT2D eigenvalue weighted by Gasteiger charge is 2.13. The van der Waals surface area contributed by atoms with E-state index in [1.54, 1.807) is 6.07 Å². The SMILES string of the molecule is CC(C)c1nc(N)cc(OCc2ccc3c(c2)OCO3)n1. The molecular formula is C15H17N3O3. The molecule has 6 nitrogen and oxygen atoms in total. The van der Waals surface area contributed by atoms with E-state index in [0.717, 1.165) is 17.1 Å². The molecule has 21 heavy (non-hydrogen) atoms. The van der Waals surface area contributed by atoms with Gasteiger partial charge in [0.05, 0.1) is 0 Å². The van der Waals surface area contributed by atoms with Crippen molar-refractivity contribution in [3.8, 4) is 17.4 Å². The van der Waals surface area contributed by atoms with Gasteiger partial charge >= 0.3 is 0 Å². The number of rotatable bonds is 4. The first kappa shape index (κ1) is 13.5. The second-order valence-electron chi connectivity index (χ2n) is 5.12. The van der Waals surface area contributed by atoms with Crippen LogP contribution >= 0.6 is 0 Å². The van der Waals surface area contributed by atoms with Gasteiger partial charge < -0.3 is 19.9 Å². The molecule has 0 atom stereocenters. The minimum absolute atomic E-state index is 0.196. The van der Waals surface area contributed by atoms with Gasteiger partial charge in [0.25, 0.3) is 0 Å². The van der Waals surface area contributed by atoms with Crippen molar-refractivity contribution in [2.24, 2.45) is 0 Å². The van der Waals surface area contributed by atoms with Gasteiger partial charge in [-0.15, -0.1) is 0 Å². The van der Waals surface area contributed by atoms with Crippen molar-refractivity contribution in [3.63, 3.8) is 0 Å². The summed E-state index contributed by atoms with van der Waals surface area (Å²) < 4.78 is 16.3. The third-order valence-corrected chi connectivity index (χ3v) is 3.08. The van der Waals surface area contributed by atoms with E-state index in [1.807, 2.05) is 32.0 Å². The lowest BCUT2D eigenvalue weighted by Gasteiger charge is -2.10. The van der Waals surface area contributed by atoms with Crippen molar-refractivity contribution < 1.29 is 14.2 Å². The van der Waals surface area contributed by atoms with Crippen LogP contribution in [0.5, 0.6) is 17.4 Å². The lowest BCUT2D eigenvalue weighted by Crippen LogP contribution is -2.05. The zero-order valence-corrected chi connectivity index (χ0v) is 12.0. The Labute approximate surface area is 122 Å². The van der Waals surface area contributed by atoms with E-state index in [4.69, 9.17) is 19.9 Å². The van der Waals surface area contributed by atoms with Crippen molar-refractivity contribution >= 4 is 5.82 Å². The van der Waals surface area contributed by atoms with Gasteiger partial charge in [0.2, 0.25) is 12.7 Å². The van der Waals surface area contributed by atoms with E-state index in [9.17, 15) is 0 Å². The van der Waals surface area contributed by atoms with Gasteiger partial charge in [-0.1, -0.05) is 19.9 Å². The Balaban J connectivity index is 1.73. The number of fused-ring (bicyclic) bond motifs is 1. The van der Waals surface area contributed by atoms with Crippen molar-refractivity contribution in [3.05, 3.63) is 35.7 Å². The second kappa shape index (κ2) is 5.47. The molecule has 6 heteroatoms. The zero-order valence-electron chi connectivity index (χ0n) is 12.0. The van der Waals surface area contributed by atoms with Gasteiger partial charge in [-0.25, -0.2) is 4.98 Å². The molecule has 1 aromatic heterocycles. The molecule has 1 aromatic carbocycles. The maximum absolute atomic E-state index is 5.77. The first-order valence-corrected chi connectivity index (χ1v) is 6.77. The van der Waals surface area contributed by atoms with Gasteiger partial charge in [0.1, 0.15) is 18.2 Å². The number of ether oxygens (including phenoxy) is 3. The Morgan fingerprint density at radius 3 is 2.81 bits per heavy atom. The molecule has 2 N–H and O–H groups in total. The summed E-state index contributed by atoms with van der Waals surface area (Å²) in [5, 5.41) is 0. The standard InChI is InChI=1S/C15H17N3O3/c1-9(2)15-17-13(16)6-14(18-15)19-7-10-3-4-11-12(5-10)21-8-20-11/h3-6,9H,7-8H2,1-2H3,(H2,16,17,18). The Kier molecular flexibility index (Phi) is 3.51. The monoisotopic (exact) mass is 287 g/mol. The summed E-state index contributed by atoms with van der Waals surface area (Å²) in [6.07, 6.45) is 0. The van der Waals surface area contributed by atoms with E-state index in [-0.39, 0.29) is 12.7 Å². The highest BCUT2D eigenvalue weighted by molar-refractivity contribution is 5.44. The molecule has 0 bridgehead atoms. The molecule has 2 heterocycles. The predicted octanol–water partition coefficient (Wildman–Crippen LogP) is 2.49. The van der Waals surface area contributed by atoms with E-state index in [0.29, 0.717) is 24.1 Å². The van der Waals surface area contributed by atoms with Crippen LogP contribution < -0.4 is 19.9 Å². The number of nitrogens with zero attached hydrogens (tertiary/aromatic N) is 2. The normalized spacial score (nSPS) is 12.7. The van der Waals surface area contributed by atoms with Crippen LogP contribution in [0.3, 0.4) is 0 Å². The van der Waals surface area contributed by atoms with Gasteiger partial charge in [-0.2, -0.15) is 4.98 Å². The average Bonchev–Trinajstić information content (AvgIpc) is 2.92. The van der Waals surface area contributed by atoms with E-state index in [1.165, 1.54) is 0 Å². The third kappa shape index (κ3) is 2.99. The number of benzene rings is 1. The van der Waals surface area contributed by atoms with Gasteiger partial charge in [-0.3, -0.25) is 0 Å². The topological polar surface area (TPSA) is 79.5 Å². The summed E-state index contributed by atoms with van der Waals surface area (Å²) in [5.41, 5.74) is 6.75. The Morgan fingerprint density at radius 1 is 1.19 bits per heavy atom. The van der Waals surface area contributed by atoms with E-state index < -0.39 is 0 Å². The van der Waals surface area contributed by atoms with Crippen molar-refractivity contribution in [2.75, 3.05) is 12.5 Å². The fraction of sp³-hybridized carbons (Fsp3) is 0.333. The van der Waals surface area contributed by atoms with Crippen molar-refractivity contribution in [2.45, 2.75) is 26.4 Å². The summed E-state index contributed by atoms with van der Waals surface area (Å²) >= 11 is 0. The Bertz CT molecular complexity index is 659. The predicted molar refractivity (Wildman–Crippen MR) is 77.4 cm³/mol. The molecule has 0 fully saturated rings. The molecule has 2 aromatic rings. The summed E-state index contributed by atoms with van der Waals surface area (Å²) in [7, 11) is 0. The molecular weight excluding hydrogens is 270 g/mol. The molecule has 0 spiro atoms. The smallest absolute Gasteiger partial charge is 0.231 e. The highest BCUT2D eigenvalue weighted by atomic mass is 16.7. The maximum Gasteiger partial charge on any atom is 0.231 e. The van der Waals surface area contributed by atoms with Crippen LogP contribution in [0, 0.1) is 0 Å². The van der Waals surface area contributed by atoms with Crippen LogP contribution in [0.15, 0.2) is 24.3 Å². The Hall–Kier alpha value is -2.50. The number of aromatic nitrogens is 2. The third-order valence-electron chi connectivity index (χ3n) is 3.08. The summed E-state index contributed by atoms with van der Waals surface area (Å²) in [6, 6.07) is 7.32. The van der Waals surface area contributed by atoms with Crippen molar-refractivity contribution in [1.82, 2.24) is 9.97 Å². The largest absolute Gasteiger partial charge is 0.473 e. The van der Waals surface area contributed by atoms with Gasteiger partial charge in [0.15, 0.2) is 11.5 Å². The first-order valence-electron chi connectivity index (χ1n) is 6.77. The number of hydrogen-bond acceptors (Lipinski definition) is 6. The quantitative estimate of drug-likeness (QED) is 0.930. The van der Waals surface area contributed by atoms with Gasteiger partial charge in [-0.05, 0) is 17.7 Å². The number of hydrogen-bond donors (Lipinski definition) is 1. The Morgan fingerprint density at radius 2 is 2.00 bits per heavy atom. The number of nitrogens with two attached hydrogens (primary N) is 1. The minimum atomic E-state index is 0.196. The number of nitrogen functional groups attached to an aromatic ring is 1. The van der Waals surface area contributed by atoms with Crippen LogP contribution in [0.2, 0.25) is 0 Å². The number of anilines is 1. The second-order valence-corrected chi connectivity index (χ2v) is 5.12. The molecule has 0 unspecified atom stereocenters. The molecule has 0 aliphatic carbocycles. The molecule has 3 rings (SSSR count). The lowest BCUT2D eigenvalue weighted by molar-refractivity contribution is 0.174. The molecule has 0 saturated carbocycles. The summed E-state index contributed by atoms with van der Waals surface area (Å²) in [5.74, 6) is 3.25. The van der Waals surface area contributed by atoms with Crippen LogP contribution in [-0.4, -0.2) is 16.8 Å². The van der Waals surface area contributed by atoms with Crippen LogP contribution in [-0.2, 0) is 6.61 Å². The fourth-order valence-electron chi connectivity index (χ4n) is 1.98. The fourth-order valence-corrected chi connectivity index (χ4v) is 1.98. The summed E-state index contributed by atoms with van der Waals surface area (Å²) in [6.45, 7) is 4.66. The van der Waals surface area contributed by atoms with Crippen LogP contribution in [0.1, 0.15) is 31.2 Å². The van der Waals surface area contributed by atoms with E-state index in [2.05, 4.69) is 9.97 Å². The van der Waals surface area contributed by atoms with Gasteiger partial charge in [0, 0.05) is 12.0 Å². The molecule has 1 aliphatic rings. The molecule has 0 radical (unpaired) electrons. The minimum Gasteiger partial charge on any atom is -0.473 e. The maximum atomic E-state index is 5.77. The highest BCUT2D eigenvalue weighted by Crippen LogP contribution is 2.32. The first-order chi connectivity index (χ1) is 10.1. The molecule has 1 aliphatic heterocycles. The average molecular weight is 287 g/mol. The zero-order chi connectivity index (χ0) is 14.8.